The fraction of sp³-hybridized carbons (Fsp3) is 0.190. The molecule has 1 amide bonds. The summed E-state index contributed by atoms with van der Waals surface area (Å²) < 4.78 is 2.10. The molecule has 1 aromatic heterocycles. The predicted molar refractivity (Wildman–Crippen MR) is 116 cm³/mol. The molecule has 7 heteroatoms. The largest absolute Gasteiger partial charge is 0.318 e. The van der Waals surface area contributed by atoms with Crippen LogP contribution in [-0.4, -0.2) is 26.4 Å². The molecule has 2 aliphatic rings. The van der Waals surface area contributed by atoms with Crippen molar-refractivity contribution in [2.45, 2.75) is 27.7 Å². The van der Waals surface area contributed by atoms with E-state index in [1.54, 1.807) is 11.0 Å². The van der Waals surface area contributed by atoms with Gasteiger partial charge in [0, 0.05) is 27.8 Å². The molecule has 0 saturated heterocycles. The minimum atomic E-state index is -0.380. The van der Waals surface area contributed by atoms with Crippen molar-refractivity contribution in [1.29, 1.82) is 5.41 Å². The smallest absolute Gasteiger partial charge is 0.283 e. The SMILES string of the molecule is CC1=CSC2=NC(=O)/C(=C/c3cc(C)n(-c4ccc(C)c(Cl)c4)c3C)C(=N)N12. The van der Waals surface area contributed by atoms with Gasteiger partial charge in [0.25, 0.3) is 5.91 Å². The average Bonchev–Trinajstić information content (AvgIpc) is 3.14. The molecular formula is C21H19ClN4OS. The van der Waals surface area contributed by atoms with Gasteiger partial charge in [-0.25, -0.2) is 0 Å². The van der Waals surface area contributed by atoms with Crippen LogP contribution in [0.15, 0.2) is 45.9 Å². The standard InChI is InChI=1S/C21H19ClN4OS/c1-11-5-6-16(9-18(11)22)25-12(2)7-15(14(25)4)8-17-19(23)26-13(3)10-28-21(26)24-20(17)27/h5-10,23H,1-4H3/b17-8+,23-19?. The van der Waals surface area contributed by atoms with Crippen molar-refractivity contribution < 1.29 is 4.79 Å². The van der Waals surface area contributed by atoms with Crippen LogP contribution in [0.5, 0.6) is 0 Å². The Bertz CT molecular complexity index is 1140. The summed E-state index contributed by atoms with van der Waals surface area (Å²) >= 11 is 7.68. The lowest BCUT2D eigenvalue weighted by molar-refractivity contribution is -0.114. The summed E-state index contributed by atoms with van der Waals surface area (Å²) in [4.78, 5) is 18.4. The fourth-order valence-electron chi connectivity index (χ4n) is 3.45. The Kier molecular flexibility index (Phi) is 4.56. The zero-order chi connectivity index (χ0) is 20.2. The maximum absolute atomic E-state index is 12.5. The topological polar surface area (TPSA) is 61.5 Å². The van der Waals surface area contributed by atoms with Crippen molar-refractivity contribution in [2.75, 3.05) is 0 Å². The fourth-order valence-corrected chi connectivity index (χ4v) is 4.48. The zero-order valence-electron chi connectivity index (χ0n) is 16.0. The monoisotopic (exact) mass is 410 g/mol. The van der Waals surface area contributed by atoms with Crippen LogP contribution in [0, 0.1) is 26.2 Å². The summed E-state index contributed by atoms with van der Waals surface area (Å²) in [5.41, 5.74) is 6.06. The number of aromatic nitrogens is 1. The van der Waals surface area contributed by atoms with E-state index in [-0.39, 0.29) is 11.7 Å². The number of amidine groups is 2. The van der Waals surface area contributed by atoms with E-state index < -0.39 is 0 Å². The van der Waals surface area contributed by atoms with Gasteiger partial charge in [-0.2, -0.15) is 4.99 Å². The van der Waals surface area contributed by atoms with Crippen molar-refractivity contribution in [2.24, 2.45) is 4.99 Å². The Morgan fingerprint density at radius 2 is 1.93 bits per heavy atom. The molecule has 1 N–H and O–H groups in total. The number of halogens is 1. The first-order chi connectivity index (χ1) is 13.3. The first-order valence-electron chi connectivity index (χ1n) is 8.80. The molecule has 0 atom stereocenters. The van der Waals surface area contributed by atoms with Gasteiger partial charge >= 0.3 is 0 Å². The number of benzene rings is 1. The summed E-state index contributed by atoms with van der Waals surface area (Å²) in [6.07, 6.45) is 1.76. The number of amides is 1. The molecule has 2 aliphatic heterocycles. The number of rotatable bonds is 2. The number of hydrogen-bond donors (Lipinski definition) is 1. The van der Waals surface area contributed by atoms with Gasteiger partial charge in [0.05, 0.1) is 5.57 Å². The number of nitrogens with zero attached hydrogens (tertiary/aromatic N) is 3. The van der Waals surface area contributed by atoms with E-state index in [2.05, 4.69) is 9.56 Å². The second kappa shape index (κ2) is 6.79. The molecule has 28 heavy (non-hydrogen) atoms. The van der Waals surface area contributed by atoms with Gasteiger partial charge in [-0.15, -0.1) is 0 Å². The van der Waals surface area contributed by atoms with Crippen LogP contribution in [0.2, 0.25) is 5.02 Å². The minimum absolute atomic E-state index is 0.164. The van der Waals surface area contributed by atoms with Crippen LogP contribution in [0.25, 0.3) is 11.8 Å². The Labute approximate surface area is 172 Å². The zero-order valence-corrected chi connectivity index (χ0v) is 17.6. The van der Waals surface area contributed by atoms with E-state index in [4.69, 9.17) is 17.0 Å². The summed E-state index contributed by atoms with van der Waals surface area (Å²) in [5, 5.41) is 11.7. The molecule has 5 nitrogen and oxygen atoms in total. The van der Waals surface area contributed by atoms with Crippen LogP contribution in [-0.2, 0) is 4.79 Å². The number of thioether (sulfide) groups is 1. The molecule has 0 spiro atoms. The molecule has 4 rings (SSSR count). The highest BCUT2D eigenvalue weighted by atomic mass is 35.5. The lowest BCUT2D eigenvalue weighted by Crippen LogP contribution is -2.37. The molecule has 2 aromatic rings. The molecule has 142 valence electrons. The maximum Gasteiger partial charge on any atom is 0.283 e. The third kappa shape index (κ3) is 2.93. The van der Waals surface area contributed by atoms with E-state index in [0.717, 1.165) is 33.9 Å². The summed E-state index contributed by atoms with van der Waals surface area (Å²) in [6, 6.07) is 7.97. The third-order valence-electron chi connectivity index (χ3n) is 4.97. The number of aliphatic imine (C=N–C) groups is 1. The molecular weight excluding hydrogens is 392 g/mol. The van der Waals surface area contributed by atoms with Gasteiger partial charge < -0.3 is 4.57 Å². The number of aryl methyl sites for hydroxylation is 2. The lowest BCUT2D eigenvalue weighted by atomic mass is 10.1. The van der Waals surface area contributed by atoms with Gasteiger partial charge in [-0.1, -0.05) is 29.4 Å². The quantitative estimate of drug-likeness (QED) is 0.690. The number of carbonyl (C=O) groups excluding carboxylic acids is 1. The predicted octanol–water partition coefficient (Wildman–Crippen LogP) is 5.22. The number of allylic oxidation sites excluding steroid dienone is 1. The van der Waals surface area contributed by atoms with Gasteiger partial charge in [-0.05, 0) is 68.5 Å². The summed E-state index contributed by atoms with van der Waals surface area (Å²) in [5.74, 6) is -0.216. The van der Waals surface area contributed by atoms with E-state index >= 15 is 0 Å². The summed E-state index contributed by atoms with van der Waals surface area (Å²) in [6.45, 7) is 7.89. The number of nitrogens with one attached hydrogen (secondary N) is 1. The van der Waals surface area contributed by atoms with Crippen molar-refractivity contribution >= 4 is 46.3 Å². The molecule has 0 saturated carbocycles. The van der Waals surface area contributed by atoms with Gasteiger partial charge in [-0.3, -0.25) is 15.1 Å². The van der Waals surface area contributed by atoms with Crippen molar-refractivity contribution in [1.82, 2.24) is 9.47 Å². The average molecular weight is 411 g/mol. The molecule has 0 radical (unpaired) electrons. The molecule has 0 aliphatic carbocycles. The number of hydrogen-bond acceptors (Lipinski definition) is 3. The van der Waals surface area contributed by atoms with E-state index in [1.807, 2.05) is 57.4 Å². The highest BCUT2D eigenvalue weighted by molar-refractivity contribution is 8.16. The second-order valence-corrected chi connectivity index (χ2v) is 8.16. The van der Waals surface area contributed by atoms with E-state index in [9.17, 15) is 4.79 Å². The molecule has 0 fully saturated rings. The van der Waals surface area contributed by atoms with E-state index in [0.29, 0.717) is 15.8 Å². The normalized spacial score (nSPS) is 17.9. The van der Waals surface area contributed by atoms with Gasteiger partial charge in [0.1, 0.15) is 5.84 Å². The molecule has 3 heterocycles. The minimum Gasteiger partial charge on any atom is -0.318 e. The first-order valence-corrected chi connectivity index (χ1v) is 10.1. The number of fused-ring (bicyclic) bond motifs is 1. The molecule has 0 unspecified atom stereocenters. The van der Waals surface area contributed by atoms with Crippen molar-refractivity contribution in [3.8, 4) is 5.69 Å². The highest BCUT2D eigenvalue weighted by Gasteiger charge is 2.34. The van der Waals surface area contributed by atoms with Gasteiger partial charge in [0.15, 0.2) is 5.17 Å². The molecule has 1 aromatic carbocycles. The van der Waals surface area contributed by atoms with Gasteiger partial charge in [0.2, 0.25) is 0 Å². The van der Waals surface area contributed by atoms with Crippen LogP contribution in [0.4, 0.5) is 0 Å². The molecule has 0 bridgehead atoms. The first kappa shape index (κ1) is 18.8. The number of carbonyl (C=O) groups is 1. The highest BCUT2D eigenvalue weighted by Crippen LogP contribution is 2.33. The Balaban J connectivity index is 1.79. The Morgan fingerprint density at radius 1 is 1.18 bits per heavy atom. The second-order valence-electron chi connectivity index (χ2n) is 6.91. The third-order valence-corrected chi connectivity index (χ3v) is 6.32. The Hall–Kier alpha value is -2.57. The van der Waals surface area contributed by atoms with Crippen LogP contribution in [0.1, 0.15) is 29.4 Å². The van der Waals surface area contributed by atoms with Crippen LogP contribution in [0.3, 0.4) is 0 Å². The summed E-state index contributed by atoms with van der Waals surface area (Å²) in [7, 11) is 0. The van der Waals surface area contributed by atoms with Crippen molar-refractivity contribution in [3.05, 3.63) is 68.5 Å². The maximum atomic E-state index is 12.5. The van der Waals surface area contributed by atoms with Crippen LogP contribution < -0.4 is 0 Å². The van der Waals surface area contributed by atoms with Crippen LogP contribution >= 0.6 is 23.4 Å². The van der Waals surface area contributed by atoms with Crippen molar-refractivity contribution in [3.63, 3.8) is 0 Å². The lowest BCUT2D eigenvalue weighted by Gasteiger charge is -2.25. The Morgan fingerprint density at radius 3 is 2.64 bits per heavy atom. The van der Waals surface area contributed by atoms with E-state index in [1.165, 1.54) is 11.8 Å².